The number of esters is 1. The molecule has 2 fully saturated rings. The van der Waals surface area contributed by atoms with Crippen molar-refractivity contribution in [3.63, 3.8) is 0 Å². The first-order chi connectivity index (χ1) is 15.4. The van der Waals surface area contributed by atoms with E-state index in [1.165, 1.54) is 18.2 Å². The first-order valence-electron chi connectivity index (χ1n) is 10.6. The smallest absolute Gasteiger partial charge is 0.328 e. The molecule has 2 N–H and O–H groups in total. The number of fused-ring (bicyclic) bond motifs is 1. The first-order valence-corrected chi connectivity index (χ1v) is 10.6. The molecule has 8 heteroatoms. The van der Waals surface area contributed by atoms with Gasteiger partial charge in [0, 0.05) is 29.5 Å². The Kier molecular flexibility index (Phi) is 5.15. The van der Waals surface area contributed by atoms with Crippen molar-refractivity contribution in [2.75, 3.05) is 6.61 Å². The number of H-pyrrole nitrogens is 1. The third kappa shape index (κ3) is 3.74. The van der Waals surface area contributed by atoms with Gasteiger partial charge in [0.1, 0.15) is 23.5 Å². The lowest BCUT2D eigenvalue weighted by atomic mass is 9.71. The molecule has 1 amide bonds. The Morgan fingerprint density at radius 2 is 1.84 bits per heavy atom. The molecule has 1 aromatic heterocycles. The largest absolute Gasteiger partial charge is 0.464 e. The zero-order valence-electron chi connectivity index (χ0n) is 17.1. The molecule has 1 saturated carbocycles. The Balaban J connectivity index is 1.37. The minimum absolute atomic E-state index is 0.144. The van der Waals surface area contributed by atoms with Crippen molar-refractivity contribution in [2.24, 2.45) is 11.8 Å². The maximum absolute atomic E-state index is 14.4. The third-order valence-electron chi connectivity index (χ3n) is 6.42. The topological polar surface area (TPSA) is 71.2 Å². The zero-order chi connectivity index (χ0) is 22.4. The van der Waals surface area contributed by atoms with Gasteiger partial charge in [-0.1, -0.05) is 0 Å². The predicted octanol–water partition coefficient (Wildman–Crippen LogP) is 4.25. The second kappa shape index (κ2) is 8.00. The molecule has 1 aliphatic heterocycles. The van der Waals surface area contributed by atoms with Crippen molar-refractivity contribution in [1.29, 1.82) is 0 Å². The second-order valence-electron chi connectivity index (χ2n) is 8.55. The van der Waals surface area contributed by atoms with Crippen molar-refractivity contribution in [3.8, 4) is 11.3 Å². The molecule has 2 heterocycles. The standard InChI is InChI=1S/C24H21F3N2O3/c25-15-3-1-13(2-4-15)21-17(18-10-16(26)11-19(27)22(18)29-21)9-12-7-14(8-12)23(30)28-20-5-6-32-24(20)31/h1-4,10-12,14,20,29H,5-9H2,(H,28,30). The minimum Gasteiger partial charge on any atom is -0.464 e. The Morgan fingerprint density at radius 1 is 1.09 bits per heavy atom. The van der Waals surface area contributed by atoms with Crippen LogP contribution in [0.1, 0.15) is 24.8 Å². The van der Waals surface area contributed by atoms with Crippen LogP contribution in [0.2, 0.25) is 0 Å². The summed E-state index contributed by atoms with van der Waals surface area (Å²) in [5, 5.41) is 3.19. The fraction of sp³-hybridized carbons (Fsp3) is 0.333. The quantitative estimate of drug-likeness (QED) is 0.581. The number of cyclic esters (lactones) is 1. The van der Waals surface area contributed by atoms with Crippen molar-refractivity contribution >= 4 is 22.8 Å². The third-order valence-corrected chi connectivity index (χ3v) is 6.42. The summed E-state index contributed by atoms with van der Waals surface area (Å²) in [6.45, 7) is 0.316. The molecule has 0 radical (unpaired) electrons. The maximum atomic E-state index is 14.4. The van der Waals surface area contributed by atoms with E-state index < -0.39 is 23.6 Å². The number of halogens is 3. The number of rotatable bonds is 5. The summed E-state index contributed by atoms with van der Waals surface area (Å²) in [6.07, 6.45) is 2.22. The molecule has 0 spiro atoms. The van der Waals surface area contributed by atoms with Crippen LogP contribution in [0.25, 0.3) is 22.2 Å². The number of aromatic amines is 1. The van der Waals surface area contributed by atoms with Crippen LogP contribution >= 0.6 is 0 Å². The van der Waals surface area contributed by atoms with E-state index in [4.69, 9.17) is 4.74 Å². The van der Waals surface area contributed by atoms with Crippen molar-refractivity contribution in [1.82, 2.24) is 10.3 Å². The Labute approximate surface area is 182 Å². The van der Waals surface area contributed by atoms with E-state index in [1.807, 2.05) is 0 Å². The fourth-order valence-corrected chi connectivity index (χ4v) is 4.67. The van der Waals surface area contributed by atoms with Gasteiger partial charge in [0.2, 0.25) is 5.91 Å². The second-order valence-corrected chi connectivity index (χ2v) is 8.55. The van der Waals surface area contributed by atoms with Crippen LogP contribution in [0.5, 0.6) is 0 Å². The molecule has 1 saturated heterocycles. The van der Waals surface area contributed by atoms with Gasteiger partial charge in [-0.05, 0) is 66.6 Å². The fourth-order valence-electron chi connectivity index (χ4n) is 4.67. The molecule has 2 aliphatic rings. The molecule has 166 valence electrons. The number of aromatic nitrogens is 1. The average molecular weight is 442 g/mol. The lowest BCUT2D eigenvalue weighted by Gasteiger charge is -2.35. The van der Waals surface area contributed by atoms with Gasteiger partial charge in [0.25, 0.3) is 0 Å². The van der Waals surface area contributed by atoms with Crippen LogP contribution in [-0.4, -0.2) is 29.5 Å². The van der Waals surface area contributed by atoms with E-state index in [9.17, 15) is 22.8 Å². The zero-order valence-corrected chi connectivity index (χ0v) is 17.1. The highest BCUT2D eigenvalue weighted by molar-refractivity contribution is 5.91. The summed E-state index contributed by atoms with van der Waals surface area (Å²) in [5.41, 5.74) is 2.24. The van der Waals surface area contributed by atoms with Crippen LogP contribution in [0.4, 0.5) is 13.2 Å². The van der Waals surface area contributed by atoms with Crippen LogP contribution in [0, 0.1) is 29.3 Å². The lowest BCUT2D eigenvalue weighted by molar-refractivity contribution is -0.142. The summed E-state index contributed by atoms with van der Waals surface area (Å²) in [6, 6.07) is 7.37. The molecule has 3 aromatic rings. The number of hydrogen-bond donors (Lipinski definition) is 2. The lowest BCUT2D eigenvalue weighted by Crippen LogP contribution is -2.45. The molecule has 32 heavy (non-hydrogen) atoms. The summed E-state index contributed by atoms with van der Waals surface area (Å²) < 4.78 is 46.7. The van der Waals surface area contributed by atoms with Gasteiger partial charge in [0.15, 0.2) is 0 Å². The highest BCUT2D eigenvalue weighted by atomic mass is 19.1. The number of carbonyl (C=O) groups excluding carboxylic acids is 2. The Bertz CT molecular complexity index is 1200. The van der Waals surface area contributed by atoms with Gasteiger partial charge in [-0.2, -0.15) is 0 Å². The van der Waals surface area contributed by atoms with Gasteiger partial charge in [-0.3, -0.25) is 4.79 Å². The van der Waals surface area contributed by atoms with E-state index in [1.54, 1.807) is 12.1 Å². The molecular formula is C24H21F3N2O3. The normalized spacial score (nSPS) is 22.6. The van der Waals surface area contributed by atoms with Gasteiger partial charge in [0.05, 0.1) is 12.1 Å². The van der Waals surface area contributed by atoms with Gasteiger partial charge < -0.3 is 15.0 Å². The van der Waals surface area contributed by atoms with Gasteiger partial charge in [-0.25, -0.2) is 18.0 Å². The monoisotopic (exact) mass is 442 g/mol. The molecule has 0 bridgehead atoms. The highest BCUT2D eigenvalue weighted by Crippen LogP contribution is 2.41. The molecule has 1 unspecified atom stereocenters. The number of amides is 1. The van der Waals surface area contributed by atoms with E-state index in [0.29, 0.717) is 48.9 Å². The predicted molar refractivity (Wildman–Crippen MR) is 111 cm³/mol. The molecule has 1 aliphatic carbocycles. The molecule has 5 nitrogen and oxygen atoms in total. The van der Waals surface area contributed by atoms with Crippen molar-refractivity contribution in [2.45, 2.75) is 31.7 Å². The number of hydrogen-bond acceptors (Lipinski definition) is 3. The molecule has 5 rings (SSSR count). The van der Waals surface area contributed by atoms with E-state index in [2.05, 4.69) is 10.3 Å². The van der Waals surface area contributed by atoms with Crippen LogP contribution in [0.15, 0.2) is 36.4 Å². The molecule has 1 atom stereocenters. The van der Waals surface area contributed by atoms with E-state index >= 15 is 0 Å². The first kappa shape index (κ1) is 20.6. The summed E-state index contributed by atoms with van der Waals surface area (Å²) in [7, 11) is 0. The number of ether oxygens (including phenoxy) is 1. The summed E-state index contributed by atoms with van der Waals surface area (Å²) in [5.74, 6) is -2.38. The number of nitrogens with one attached hydrogen (secondary N) is 2. The van der Waals surface area contributed by atoms with E-state index in [0.717, 1.165) is 11.6 Å². The van der Waals surface area contributed by atoms with Crippen molar-refractivity contribution < 1.29 is 27.5 Å². The Morgan fingerprint density at radius 3 is 2.53 bits per heavy atom. The maximum Gasteiger partial charge on any atom is 0.328 e. The van der Waals surface area contributed by atoms with Gasteiger partial charge in [-0.15, -0.1) is 0 Å². The average Bonchev–Trinajstić information content (AvgIpc) is 3.28. The van der Waals surface area contributed by atoms with Crippen LogP contribution < -0.4 is 5.32 Å². The van der Waals surface area contributed by atoms with Gasteiger partial charge >= 0.3 is 5.97 Å². The number of benzene rings is 2. The SMILES string of the molecule is O=C(NC1CCOC1=O)C1CC(Cc2c(-c3ccc(F)cc3)[nH]c3c(F)cc(F)cc23)C1. The molecule has 2 aromatic carbocycles. The summed E-state index contributed by atoms with van der Waals surface area (Å²) in [4.78, 5) is 27.0. The van der Waals surface area contributed by atoms with Crippen molar-refractivity contribution in [3.05, 3.63) is 59.4 Å². The molecular weight excluding hydrogens is 421 g/mol. The van der Waals surface area contributed by atoms with Crippen LogP contribution in [-0.2, 0) is 20.7 Å². The highest BCUT2D eigenvalue weighted by Gasteiger charge is 2.38. The summed E-state index contributed by atoms with van der Waals surface area (Å²) >= 11 is 0. The van der Waals surface area contributed by atoms with E-state index in [-0.39, 0.29) is 29.1 Å². The number of carbonyl (C=O) groups is 2. The van der Waals surface area contributed by atoms with Crippen LogP contribution in [0.3, 0.4) is 0 Å². The Hall–Kier alpha value is -3.29. The minimum atomic E-state index is -0.691.